The number of nitrogens with one attached hydrogen (secondary N) is 2. The van der Waals surface area contributed by atoms with Gasteiger partial charge in [-0.05, 0) is 43.5 Å². The Labute approximate surface area is 214 Å². The van der Waals surface area contributed by atoms with E-state index in [0.29, 0.717) is 22.4 Å². The smallest absolute Gasteiger partial charge is 0.229 e. The van der Waals surface area contributed by atoms with E-state index in [1.807, 2.05) is 12.1 Å². The molecular formula is C27H30F2N8. The predicted molar refractivity (Wildman–Crippen MR) is 140 cm³/mol. The topological polar surface area (TPSA) is 83.8 Å². The number of imidazole rings is 1. The standard InChI is InChI=1S/C27H30F2N8/c1-26(2)13-22-34-24-18(28)11-16(12-20(24)37(22)27(26,3)4)23-19(29)15-32-25(35-23)33-21-6-5-17(14-31-21)36-9-7-30-8-10-36/h5-6,11-12,14-15,30H,7-10,13H2,1-4H3,(H,31,32,33,35). The molecule has 4 aromatic rings. The van der Waals surface area contributed by atoms with Crippen molar-refractivity contribution in [1.29, 1.82) is 0 Å². The van der Waals surface area contributed by atoms with Crippen molar-refractivity contribution in [2.24, 2.45) is 5.41 Å². The summed E-state index contributed by atoms with van der Waals surface area (Å²) >= 11 is 0. The van der Waals surface area contributed by atoms with Gasteiger partial charge >= 0.3 is 0 Å². The highest BCUT2D eigenvalue weighted by Gasteiger charge is 2.47. The van der Waals surface area contributed by atoms with Crippen molar-refractivity contribution in [1.82, 2.24) is 29.8 Å². The first-order valence-corrected chi connectivity index (χ1v) is 12.6. The second kappa shape index (κ2) is 8.44. The van der Waals surface area contributed by atoms with Crippen molar-refractivity contribution >= 4 is 28.5 Å². The van der Waals surface area contributed by atoms with Crippen LogP contribution in [0.4, 0.5) is 26.2 Å². The number of benzene rings is 1. The summed E-state index contributed by atoms with van der Waals surface area (Å²) < 4.78 is 32.2. The molecule has 0 radical (unpaired) electrons. The maximum Gasteiger partial charge on any atom is 0.229 e. The molecule has 8 nitrogen and oxygen atoms in total. The maximum atomic E-state index is 15.2. The summed E-state index contributed by atoms with van der Waals surface area (Å²) in [6, 6.07) is 6.89. The minimum atomic E-state index is -0.632. The van der Waals surface area contributed by atoms with Crippen LogP contribution in [-0.4, -0.2) is 50.7 Å². The Balaban J connectivity index is 1.33. The van der Waals surface area contributed by atoms with Crippen LogP contribution in [0.1, 0.15) is 33.5 Å². The quantitative estimate of drug-likeness (QED) is 0.419. The third-order valence-electron chi connectivity index (χ3n) is 8.09. The monoisotopic (exact) mass is 504 g/mol. The van der Waals surface area contributed by atoms with E-state index in [4.69, 9.17) is 0 Å². The van der Waals surface area contributed by atoms with Gasteiger partial charge in [-0.1, -0.05) is 13.8 Å². The van der Waals surface area contributed by atoms with Crippen LogP contribution < -0.4 is 15.5 Å². The Morgan fingerprint density at radius 2 is 1.73 bits per heavy atom. The van der Waals surface area contributed by atoms with Gasteiger partial charge in [-0.25, -0.2) is 28.7 Å². The first-order valence-electron chi connectivity index (χ1n) is 12.6. The number of anilines is 3. The van der Waals surface area contributed by atoms with Gasteiger partial charge in [-0.2, -0.15) is 0 Å². The molecule has 10 heteroatoms. The van der Waals surface area contributed by atoms with Crippen molar-refractivity contribution in [3.8, 4) is 11.3 Å². The van der Waals surface area contributed by atoms with Crippen LogP contribution >= 0.6 is 0 Å². The number of aromatic nitrogens is 5. The molecule has 0 unspecified atom stereocenters. The summed E-state index contributed by atoms with van der Waals surface area (Å²) in [5.41, 5.74) is 1.97. The number of fused-ring (bicyclic) bond motifs is 3. The fourth-order valence-electron chi connectivity index (χ4n) is 5.29. The number of piperazine rings is 1. The highest BCUT2D eigenvalue weighted by Crippen LogP contribution is 2.48. The summed E-state index contributed by atoms with van der Waals surface area (Å²) in [5, 5.41) is 6.37. The van der Waals surface area contributed by atoms with Crippen LogP contribution in [0, 0.1) is 17.0 Å². The molecule has 0 aliphatic carbocycles. The second-order valence-electron chi connectivity index (χ2n) is 11.0. The third-order valence-corrected chi connectivity index (χ3v) is 8.09. The molecule has 37 heavy (non-hydrogen) atoms. The summed E-state index contributed by atoms with van der Waals surface area (Å²) in [4.78, 5) is 19.8. The molecule has 2 aliphatic heterocycles. The molecule has 1 fully saturated rings. The molecule has 0 spiro atoms. The Morgan fingerprint density at radius 1 is 0.946 bits per heavy atom. The zero-order valence-electron chi connectivity index (χ0n) is 21.4. The summed E-state index contributed by atoms with van der Waals surface area (Å²) in [6.07, 6.45) is 3.63. The van der Waals surface area contributed by atoms with Crippen molar-refractivity contribution in [3.05, 3.63) is 54.1 Å². The third kappa shape index (κ3) is 3.90. The van der Waals surface area contributed by atoms with Gasteiger partial charge in [0.15, 0.2) is 11.6 Å². The second-order valence-corrected chi connectivity index (χ2v) is 11.0. The predicted octanol–water partition coefficient (Wildman–Crippen LogP) is 4.64. The van der Waals surface area contributed by atoms with Crippen molar-refractivity contribution in [3.63, 3.8) is 0 Å². The van der Waals surface area contributed by atoms with Gasteiger partial charge < -0.3 is 20.1 Å². The fourth-order valence-corrected chi connectivity index (χ4v) is 5.29. The number of hydrogen-bond acceptors (Lipinski definition) is 7. The highest BCUT2D eigenvalue weighted by atomic mass is 19.1. The molecule has 0 saturated carbocycles. The van der Waals surface area contributed by atoms with Crippen molar-refractivity contribution in [2.45, 2.75) is 39.7 Å². The van der Waals surface area contributed by atoms with E-state index < -0.39 is 11.6 Å². The number of hydrogen-bond donors (Lipinski definition) is 2. The van der Waals surface area contributed by atoms with Crippen LogP contribution in [0.5, 0.6) is 0 Å². The number of nitrogens with zero attached hydrogens (tertiary/aromatic N) is 6. The molecule has 5 heterocycles. The zero-order chi connectivity index (χ0) is 25.9. The Kier molecular flexibility index (Phi) is 5.41. The van der Waals surface area contributed by atoms with Crippen LogP contribution in [0.25, 0.3) is 22.3 Å². The molecular weight excluding hydrogens is 474 g/mol. The van der Waals surface area contributed by atoms with E-state index >= 15 is 4.39 Å². The lowest BCUT2D eigenvalue weighted by Gasteiger charge is -2.36. The Bertz CT molecular complexity index is 1490. The molecule has 1 saturated heterocycles. The molecule has 1 aromatic carbocycles. The van der Waals surface area contributed by atoms with Crippen LogP contribution in [0.3, 0.4) is 0 Å². The van der Waals surface area contributed by atoms with Crippen LogP contribution in [-0.2, 0) is 12.0 Å². The molecule has 6 rings (SSSR count). The first kappa shape index (κ1) is 23.7. The van der Waals surface area contributed by atoms with Crippen molar-refractivity contribution in [2.75, 3.05) is 36.4 Å². The SMILES string of the molecule is CC1(C)Cc2nc3c(F)cc(-c4nc(Nc5ccc(N6CCNCC6)cn5)ncc4F)cc3n2C1(C)C. The van der Waals surface area contributed by atoms with E-state index in [1.54, 1.807) is 12.3 Å². The lowest BCUT2D eigenvalue weighted by Crippen LogP contribution is -2.43. The van der Waals surface area contributed by atoms with Gasteiger partial charge in [-0.3, -0.25) is 0 Å². The molecule has 3 aromatic heterocycles. The Morgan fingerprint density at radius 3 is 2.46 bits per heavy atom. The first-order chi connectivity index (χ1) is 17.6. The molecule has 192 valence electrons. The van der Waals surface area contributed by atoms with E-state index in [1.165, 1.54) is 6.07 Å². The lowest BCUT2D eigenvalue weighted by molar-refractivity contribution is 0.166. The van der Waals surface area contributed by atoms with E-state index in [2.05, 4.69) is 67.7 Å². The molecule has 2 N–H and O–H groups in total. The summed E-state index contributed by atoms with van der Waals surface area (Å²) in [6.45, 7) is 12.3. The average molecular weight is 505 g/mol. The lowest BCUT2D eigenvalue weighted by atomic mass is 9.75. The van der Waals surface area contributed by atoms with E-state index in [0.717, 1.165) is 50.3 Å². The minimum absolute atomic E-state index is 0.0151. The molecule has 0 amide bonds. The average Bonchev–Trinajstić information content (AvgIpc) is 3.32. The van der Waals surface area contributed by atoms with Gasteiger partial charge in [0.2, 0.25) is 5.95 Å². The van der Waals surface area contributed by atoms with Crippen LogP contribution in [0.2, 0.25) is 0 Å². The fraction of sp³-hybridized carbons (Fsp3) is 0.407. The summed E-state index contributed by atoms with van der Waals surface area (Å²) in [7, 11) is 0. The minimum Gasteiger partial charge on any atom is -0.368 e. The highest BCUT2D eigenvalue weighted by molar-refractivity contribution is 5.83. The van der Waals surface area contributed by atoms with Gasteiger partial charge in [0.1, 0.15) is 22.9 Å². The van der Waals surface area contributed by atoms with Gasteiger partial charge in [0.05, 0.1) is 23.6 Å². The number of halogens is 2. The molecule has 0 atom stereocenters. The molecule has 0 bridgehead atoms. The molecule has 2 aliphatic rings. The maximum absolute atomic E-state index is 15.2. The van der Waals surface area contributed by atoms with Gasteiger partial charge in [-0.15, -0.1) is 0 Å². The van der Waals surface area contributed by atoms with Gasteiger partial charge in [0.25, 0.3) is 0 Å². The largest absolute Gasteiger partial charge is 0.368 e. The van der Waals surface area contributed by atoms with Crippen LogP contribution in [0.15, 0.2) is 36.7 Å². The van der Waals surface area contributed by atoms with E-state index in [9.17, 15) is 4.39 Å². The zero-order valence-corrected chi connectivity index (χ0v) is 21.4. The Hall–Kier alpha value is -3.66. The van der Waals surface area contributed by atoms with Gasteiger partial charge in [0, 0.05) is 43.7 Å². The van der Waals surface area contributed by atoms with Crippen molar-refractivity contribution < 1.29 is 8.78 Å². The summed E-state index contributed by atoms with van der Waals surface area (Å²) in [5.74, 6) is 0.421. The van der Waals surface area contributed by atoms with E-state index in [-0.39, 0.29) is 22.6 Å². The number of rotatable bonds is 4. The number of pyridine rings is 1. The normalized spacial score (nSPS) is 18.3.